The van der Waals surface area contributed by atoms with Gasteiger partial charge in [0.2, 0.25) is 0 Å². The van der Waals surface area contributed by atoms with E-state index in [-0.39, 0.29) is 0 Å². The smallest absolute Gasteiger partial charge is 0.387 e. The van der Waals surface area contributed by atoms with Crippen molar-refractivity contribution in [1.29, 1.82) is 0 Å². The SMILES string of the molecule is C1CCCCC1.CCc1cc(C)c(OC(F)F)c(C)c1. The van der Waals surface area contributed by atoms with Crippen LogP contribution in [0.1, 0.15) is 62.1 Å². The highest BCUT2D eigenvalue weighted by atomic mass is 19.3. The molecule has 1 aromatic rings. The summed E-state index contributed by atoms with van der Waals surface area (Å²) in [4.78, 5) is 0. The Hall–Kier alpha value is -1.12. The van der Waals surface area contributed by atoms with E-state index >= 15 is 0 Å². The molecule has 1 aliphatic rings. The average Bonchev–Trinajstić information content (AvgIpc) is 2.45. The summed E-state index contributed by atoms with van der Waals surface area (Å²) < 4.78 is 28.5. The average molecular weight is 284 g/mol. The summed E-state index contributed by atoms with van der Waals surface area (Å²) in [5.74, 6) is 0.303. The Bertz CT molecular complexity index is 363. The van der Waals surface area contributed by atoms with Crippen LogP contribution in [0.3, 0.4) is 0 Å². The van der Waals surface area contributed by atoms with Gasteiger partial charge >= 0.3 is 6.61 Å². The van der Waals surface area contributed by atoms with Crippen LogP contribution in [0.25, 0.3) is 0 Å². The lowest BCUT2D eigenvalue weighted by molar-refractivity contribution is -0.0507. The first kappa shape index (κ1) is 16.9. The monoisotopic (exact) mass is 284 g/mol. The van der Waals surface area contributed by atoms with Crippen molar-refractivity contribution in [3.63, 3.8) is 0 Å². The largest absolute Gasteiger partial charge is 0.434 e. The highest BCUT2D eigenvalue weighted by Crippen LogP contribution is 2.26. The van der Waals surface area contributed by atoms with E-state index in [2.05, 4.69) is 4.74 Å². The van der Waals surface area contributed by atoms with Crippen LogP contribution in [-0.4, -0.2) is 6.61 Å². The second kappa shape index (κ2) is 8.93. The van der Waals surface area contributed by atoms with Crippen molar-refractivity contribution in [1.82, 2.24) is 0 Å². The highest BCUT2D eigenvalue weighted by molar-refractivity contribution is 5.43. The second-order valence-electron chi connectivity index (χ2n) is 5.41. The molecule has 0 saturated heterocycles. The summed E-state index contributed by atoms with van der Waals surface area (Å²) in [7, 11) is 0. The summed E-state index contributed by atoms with van der Waals surface area (Å²) in [6.07, 6.45) is 9.90. The fourth-order valence-electron chi connectivity index (χ4n) is 2.58. The number of halogens is 2. The molecule has 0 N–H and O–H groups in total. The van der Waals surface area contributed by atoms with Gasteiger partial charge in [0.05, 0.1) is 0 Å². The molecule has 1 saturated carbocycles. The molecule has 0 aliphatic heterocycles. The van der Waals surface area contributed by atoms with E-state index in [1.54, 1.807) is 13.8 Å². The maximum atomic E-state index is 12.0. The van der Waals surface area contributed by atoms with Crippen molar-refractivity contribution in [3.05, 3.63) is 28.8 Å². The number of aryl methyl sites for hydroxylation is 3. The molecule has 1 fully saturated rings. The molecule has 0 aromatic heterocycles. The van der Waals surface area contributed by atoms with Crippen molar-refractivity contribution >= 4 is 0 Å². The van der Waals surface area contributed by atoms with Gasteiger partial charge in [-0.2, -0.15) is 8.78 Å². The first-order chi connectivity index (χ1) is 9.54. The summed E-state index contributed by atoms with van der Waals surface area (Å²) >= 11 is 0. The Labute approximate surface area is 121 Å². The topological polar surface area (TPSA) is 9.23 Å². The van der Waals surface area contributed by atoms with E-state index in [4.69, 9.17) is 0 Å². The normalized spacial score (nSPS) is 14.7. The highest BCUT2D eigenvalue weighted by Gasteiger charge is 2.10. The molecular weight excluding hydrogens is 258 g/mol. The number of ether oxygens (including phenoxy) is 1. The Morgan fingerprint density at radius 3 is 1.65 bits per heavy atom. The van der Waals surface area contributed by atoms with Crippen molar-refractivity contribution in [2.24, 2.45) is 0 Å². The lowest BCUT2D eigenvalue weighted by Gasteiger charge is -2.12. The van der Waals surface area contributed by atoms with E-state index < -0.39 is 6.61 Å². The maximum absolute atomic E-state index is 12.0. The Balaban J connectivity index is 0.000000276. The van der Waals surface area contributed by atoms with Gasteiger partial charge in [0, 0.05) is 0 Å². The number of alkyl halides is 2. The summed E-state index contributed by atoms with van der Waals surface area (Å²) in [5, 5.41) is 0. The van der Waals surface area contributed by atoms with Crippen LogP contribution in [0.2, 0.25) is 0 Å². The van der Waals surface area contributed by atoms with Crippen LogP contribution in [0.15, 0.2) is 12.1 Å². The Kier molecular flexibility index (Phi) is 7.56. The van der Waals surface area contributed by atoms with Crippen molar-refractivity contribution in [2.45, 2.75) is 72.3 Å². The van der Waals surface area contributed by atoms with E-state index in [1.165, 1.54) is 38.5 Å². The van der Waals surface area contributed by atoms with Gasteiger partial charge in [-0.15, -0.1) is 0 Å². The van der Waals surface area contributed by atoms with Crippen LogP contribution < -0.4 is 4.74 Å². The quantitative estimate of drug-likeness (QED) is 0.680. The van der Waals surface area contributed by atoms with E-state index in [9.17, 15) is 8.78 Å². The third-order valence-corrected chi connectivity index (χ3v) is 3.64. The molecule has 2 rings (SSSR count). The van der Waals surface area contributed by atoms with Crippen LogP contribution in [0.5, 0.6) is 5.75 Å². The molecule has 0 radical (unpaired) electrons. The Morgan fingerprint density at radius 2 is 1.35 bits per heavy atom. The van der Waals surface area contributed by atoms with E-state index in [1.807, 2.05) is 19.1 Å². The predicted molar refractivity (Wildman–Crippen MR) is 79.6 cm³/mol. The molecule has 0 bridgehead atoms. The van der Waals surface area contributed by atoms with E-state index in [0.717, 1.165) is 23.1 Å². The lowest BCUT2D eigenvalue weighted by Crippen LogP contribution is -2.05. The molecule has 0 unspecified atom stereocenters. The zero-order chi connectivity index (χ0) is 15.0. The molecule has 20 heavy (non-hydrogen) atoms. The number of hydrogen-bond donors (Lipinski definition) is 0. The zero-order valence-electron chi connectivity index (χ0n) is 12.8. The number of benzene rings is 1. The van der Waals surface area contributed by atoms with Gasteiger partial charge in [-0.05, 0) is 37.0 Å². The molecule has 114 valence electrons. The summed E-state index contributed by atoms with van der Waals surface area (Å²) in [6, 6.07) is 3.76. The van der Waals surface area contributed by atoms with Crippen molar-refractivity contribution in [2.75, 3.05) is 0 Å². The standard InChI is InChI=1S/C11H14F2O.C6H12/c1-4-9-5-7(2)10(8(3)6-9)14-11(12)13;1-2-4-6-5-3-1/h5-6,11H,4H2,1-3H3;1-6H2. The van der Waals surface area contributed by atoms with Crippen LogP contribution in [-0.2, 0) is 6.42 Å². The fourth-order valence-corrected chi connectivity index (χ4v) is 2.58. The van der Waals surface area contributed by atoms with Gasteiger partial charge in [0.15, 0.2) is 0 Å². The van der Waals surface area contributed by atoms with Crippen LogP contribution >= 0.6 is 0 Å². The minimum Gasteiger partial charge on any atom is -0.434 e. The second-order valence-corrected chi connectivity index (χ2v) is 5.41. The molecule has 1 aliphatic carbocycles. The third kappa shape index (κ3) is 5.89. The molecule has 0 spiro atoms. The zero-order valence-corrected chi connectivity index (χ0v) is 12.8. The first-order valence-corrected chi connectivity index (χ1v) is 7.59. The molecule has 1 aromatic carbocycles. The first-order valence-electron chi connectivity index (χ1n) is 7.59. The molecule has 0 heterocycles. The van der Waals surface area contributed by atoms with Gasteiger partial charge < -0.3 is 4.74 Å². The van der Waals surface area contributed by atoms with Gasteiger partial charge in [0.25, 0.3) is 0 Å². The van der Waals surface area contributed by atoms with Crippen molar-refractivity contribution < 1.29 is 13.5 Å². The summed E-state index contributed by atoms with van der Waals surface area (Å²) in [5.41, 5.74) is 2.67. The minimum absolute atomic E-state index is 0.303. The minimum atomic E-state index is -2.75. The molecular formula is C17H26F2O. The third-order valence-electron chi connectivity index (χ3n) is 3.64. The number of rotatable bonds is 3. The van der Waals surface area contributed by atoms with Gasteiger partial charge in [-0.1, -0.05) is 57.6 Å². The maximum Gasteiger partial charge on any atom is 0.387 e. The van der Waals surface area contributed by atoms with E-state index in [0.29, 0.717) is 5.75 Å². The lowest BCUT2D eigenvalue weighted by atomic mass is 10.0. The number of hydrogen-bond acceptors (Lipinski definition) is 1. The van der Waals surface area contributed by atoms with Gasteiger partial charge in [-0.25, -0.2) is 0 Å². The summed E-state index contributed by atoms with van der Waals surface area (Å²) in [6.45, 7) is 2.84. The predicted octanol–water partition coefficient (Wildman–Crippen LogP) is 5.81. The molecule has 1 nitrogen and oxygen atoms in total. The molecule has 0 atom stereocenters. The van der Waals surface area contributed by atoms with Crippen LogP contribution in [0, 0.1) is 13.8 Å². The van der Waals surface area contributed by atoms with Crippen LogP contribution in [0.4, 0.5) is 8.78 Å². The molecule has 3 heteroatoms. The van der Waals surface area contributed by atoms with Crippen molar-refractivity contribution in [3.8, 4) is 5.75 Å². The fraction of sp³-hybridized carbons (Fsp3) is 0.647. The van der Waals surface area contributed by atoms with Gasteiger partial charge in [0.1, 0.15) is 5.75 Å². The molecule has 0 amide bonds. The Morgan fingerprint density at radius 1 is 0.950 bits per heavy atom. The van der Waals surface area contributed by atoms with Gasteiger partial charge in [-0.3, -0.25) is 0 Å².